The monoisotopic (exact) mass is 486 g/mol. The zero-order valence-corrected chi connectivity index (χ0v) is 21.1. The topological polar surface area (TPSA) is 38.0 Å². The molecule has 0 aromatic heterocycles. The van der Waals surface area contributed by atoms with Crippen LogP contribution in [0.15, 0.2) is 146 Å². The van der Waals surface area contributed by atoms with Crippen LogP contribution in [-0.2, 0) is 6.54 Å². The van der Waals surface area contributed by atoms with Gasteiger partial charge in [-0.15, -0.1) is 0 Å². The molecule has 0 bridgehead atoms. The molecule has 0 radical (unpaired) electrons. The lowest BCUT2D eigenvalue weighted by Gasteiger charge is -2.28. The minimum Gasteiger partial charge on any atom is -0.322 e. The molecule has 3 N–H and O–H groups in total. The minimum atomic E-state index is -0.682. The molecule has 0 heterocycles. The van der Waals surface area contributed by atoms with Crippen LogP contribution in [0.4, 0.5) is 0 Å². The molecule has 0 aliphatic carbocycles. The maximum absolute atomic E-state index is 6.86. The first kappa shape index (κ1) is 24.2. The summed E-state index contributed by atoms with van der Waals surface area (Å²) in [6.45, 7) is 0.731. The first-order valence-electron chi connectivity index (χ1n) is 12.4. The minimum absolute atomic E-state index is 0.0127. The van der Waals surface area contributed by atoms with E-state index in [0.717, 1.165) is 12.1 Å². The van der Waals surface area contributed by atoms with E-state index in [1.807, 2.05) is 6.07 Å². The molecule has 2 nitrogen and oxygen atoms in total. The van der Waals surface area contributed by atoms with E-state index < -0.39 is 7.92 Å². The number of nitrogens with two attached hydrogens (primary N) is 1. The highest BCUT2D eigenvalue weighted by Gasteiger charge is 2.23. The van der Waals surface area contributed by atoms with Crippen LogP contribution in [0.1, 0.15) is 28.8 Å². The Morgan fingerprint density at radius 1 is 0.528 bits per heavy atom. The van der Waals surface area contributed by atoms with Crippen LogP contribution in [0.3, 0.4) is 0 Å². The quantitative estimate of drug-likeness (QED) is 0.252. The van der Waals surface area contributed by atoms with E-state index in [1.165, 1.54) is 27.0 Å². The van der Waals surface area contributed by atoms with Gasteiger partial charge in [-0.25, -0.2) is 0 Å². The van der Waals surface area contributed by atoms with Gasteiger partial charge in [0.1, 0.15) is 0 Å². The summed E-state index contributed by atoms with van der Waals surface area (Å²) in [6, 6.07) is 51.3. The van der Waals surface area contributed by atoms with Crippen LogP contribution >= 0.6 is 7.92 Å². The van der Waals surface area contributed by atoms with Crippen molar-refractivity contribution in [3.63, 3.8) is 0 Å². The molecule has 0 saturated carbocycles. The van der Waals surface area contributed by atoms with E-state index in [1.54, 1.807) is 0 Å². The average molecular weight is 487 g/mol. The zero-order chi connectivity index (χ0) is 24.6. The molecule has 5 aromatic rings. The Morgan fingerprint density at radius 2 is 0.972 bits per heavy atom. The molecule has 0 aliphatic rings. The van der Waals surface area contributed by atoms with Crippen molar-refractivity contribution in [3.8, 4) is 0 Å². The maximum Gasteiger partial charge on any atom is 0.0518 e. The van der Waals surface area contributed by atoms with Crippen LogP contribution in [0.25, 0.3) is 0 Å². The van der Waals surface area contributed by atoms with E-state index in [9.17, 15) is 0 Å². The first-order valence-corrected chi connectivity index (χ1v) is 13.7. The second-order valence-electron chi connectivity index (χ2n) is 8.84. The Kier molecular flexibility index (Phi) is 8.00. The highest BCUT2D eigenvalue weighted by atomic mass is 31.1. The van der Waals surface area contributed by atoms with Crippen molar-refractivity contribution in [2.75, 3.05) is 0 Å². The smallest absolute Gasteiger partial charge is 0.0518 e. The molecule has 3 heteroatoms. The second-order valence-corrected chi connectivity index (χ2v) is 11.0. The summed E-state index contributed by atoms with van der Waals surface area (Å²) in [7, 11) is -0.682. The molecule has 0 fully saturated rings. The molecule has 0 amide bonds. The van der Waals surface area contributed by atoms with Crippen molar-refractivity contribution in [2.45, 2.75) is 18.6 Å². The Morgan fingerprint density at radius 3 is 1.53 bits per heavy atom. The van der Waals surface area contributed by atoms with Crippen LogP contribution < -0.4 is 27.0 Å². The van der Waals surface area contributed by atoms with Crippen molar-refractivity contribution in [1.29, 1.82) is 0 Å². The van der Waals surface area contributed by atoms with Gasteiger partial charge in [-0.2, -0.15) is 0 Å². The summed E-state index contributed by atoms with van der Waals surface area (Å²) < 4.78 is 0. The summed E-state index contributed by atoms with van der Waals surface area (Å²) in [6.07, 6.45) is 0. The molecule has 2 unspecified atom stereocenters. The Balaban J connectivity index is 1.49. The third-order valence-corrected chi connectivity index (χ3v) is 9.02. The fourth-order valence-corrected chi connectivity index (χ4v) is 7.13. The lowest BCUT2D eigenvalue weighted by molar-refractivity contribution is 0.452. The van der Waals surface area contributed by atoms with Gasteiger partial charge in [0.15, 0.2) is 0 Å². The molecular weight excluding hydrogens is 455 g/mol. The summed E-state index contributed by atoms with van der Waals surface area (Å²) >= 11 is 0. The third-order valence-electron chi connectivity index (χ3n) is 6.48. The van der Waals surface area contributed by atoms with Gasteiger partial charge in [0.05, 0.1) is 6.04 Å². The van der Waals surface area contributed by atoms with E-state index >= 15 is 0 Å². The number of nitrogens with one attached hydrogen (secondary N) is 1. The van der Waals surface area contributed by atoms with Crippen LogP contribution in [-0.4, -0.2) is 0 Å². The van der Waals surface area contributed by atoms with Gasteiger partial charge < -0.3 is 11.1 Å². The first-order chi connectivity index (χ1) is 17.8. The molecule has 5 rings (SSSR count). The van der Waals surface area contributed by atoms with Gasteiger partial charge in [0.25, 0.3) is 0 Å². The Labute approximate surface area is 215 Å². The van der Waals surface area contributed by atoms with Crippen molar-refractivity contribution >= 4 is 23.8 Å². The summed E-state index contributed by atoms with van der Waals surface area (Å²) in [5.41, 5.74) is 10.5. The van der Waals surface area contributed by atoms with Crippen molar-refractivity contribution in [3.05, 3.63) is 162 Å². The van der Waals surface area contributed by atoms with E-state index in [0.29, 0.717) is 0 Å². The Hall–Kier alpha value is -3.55. The van der Waals surface area contributed by atoms with Crippen LogP contribution in [0.2, 0.25) is 0 Å². The number of benzene rings is 5. The molecule has 178 valence electrons. The van der Waals surface area contributed by atoms with Crippen molar-refractivity contribution in [1.82, 2.24) is 5.32 Å². The van der Waals surface area contributed by atoms with Crippen LogP contribution in [0.5, 0.6) is 0 Å². The molecule has 36 heavy (non-hydrogen) atoms. The van der Waals surface area contributed by atoms with Gasteiger partial charge in [-0.05, 0) is 40.5 Å². The van der Waals surface area contributed by atoms with E-state index in [4.69, 9.17) is 5.73 Å². The van der Waals surface area contributed by atoms with Gasteiger partial charge in [-0.3, -0.25) is 0 Å². The molecule has 0 aliphatic heterocycles. The normalized spacial score (nSPS) is 12.8. The summed E-state index contributed by atoms with van der Waals surface area (Å²) in [5, 5.41) is 7.91. The van der Waals surface area contributed by atoms with E-state index in [-0.39, 0.29) is 12.1 Å². The maximum atomic E-state index is 6.86. The lowest BCUT2D eigenvalue weighted by Crippen LogP contribution is -2.33. The van der Waals surface area contributed by atoms with Gasteiger partial charge in [0, 0.05) is 12.6 Å². The Bertz CT molecular complexity index is 1300. The SMILES string of the molecule is NC(c1ccccc1)C(NCc1ccccc1P(c1ccccc1)c1ccccc1)c1ccccc1. The second kappa shape index (κ2) is 11.9. The number of hydrogen-bond donors (Lipinski definition) is 2. The van der Waals surface area contributed by atoms with Crippen LogP contribution in [0, 0.1) is 0 Å². The number of hydrogen-bond acceptors (Lipinski definition) is 2. The predicted octanol–water partition coefficient (Wildman–Crippen LogP) is 5.98. The molecule has 2 atom stereocenters. The summed E-state index contributed by atoms with van der Waals surface area (Å²) in [5.74, 6) is 0. The standard InChI is InChI=1S/C33H31N2P/c34-32(26-15-5-1-6-16-26)33(27-17-7-2-8-18-27)35-25-28-19-13-14-24-31(28)36(29-20-9-3-10-21-29)30-22-11-4-12-23-30/h1-24,32-33,35H,25,34H2. The fraction of sp³-hybridized carbons (Fsp3) is 0.0909. The third kappa shape index (κ3) is 5.64. The van der Waals surface area contributed by atoms with E-state index in [2.05, 4.69) is 145 Å². The molecular formula is C33H31N2P. The largest absolute Gasteiger partial charge is 0.322 e. The highest BCUT2D eigenvalue weighted by Crippen LogP contribution is 2.34. The zero-order valence-electron chi connectivity index (χ0n) is 20.2. The van der Waals surface area contributed by atoms with Gasteiger partial charge in [0.2, 0.25) is 0 Å². The fourth-order valence-electron chi connectivity index (χ4n) is 4.66. The predicted molar refractivity (Wildman–Crippen MR) is 155 cm³/mol. The highest BCUT2D eigenvalue weighted by molar-refractivity contribution is 7.79. The summed E-state index contributed by atoms with van der Waals surface area (Å²) in [4.78, 5) is 0. The lowest BCUT2D eigenvalue weighted by atomic mass is 9.94. The van der Waals surface area contributed by atoms with Gasteiger partial charge >= 0.3 is 0 Å². The average Bonchev–Trinajstić information content (AvgIpc) is 2.96. The van der Waals surface area contributed by atoms with Gasteiger partial charge in [-0.1, -0.05) is 146 Å². The molecule has 0 spiro atoms. The molecule has 5 aromatic carbocycles. The number of rotatable bonds is 9. The van der Waals surface area contributed by atoms with Crippen molar-refractivity contribution in [2.24, 2.45) is 5.73 Å². The van der Waals surface area contributed by atoms with Crippen molar-refractivity contribution < 1.29 is 0 Å². The molecule has 0 saturated heterocycles.